The smallest absolute Gasteiger partial charge is 0.0708 e. The van der Waals surface area contributed by atoms with Gasteiger partial charge in [0.05, 0.1) is 11.4 Å². The second kappa shape index (κ2) is 5.55. The summed E-state index contributed by atoms with van der Waals surface area (Å²) in [5, 5.41) is 8.62. The average molecular weight is 264 g/mol. The van der Waals surface area contributed by atoms with Crippen LogP contribution in [0.3, 0.4) is 0 Å². The monoisotopic (exact) mass is 263 g/mol. The summed E-state index contributed by atoms with van der Waals surface area (Å²) in [4.78, 5) is 0. The highest BCUT2D eigenvalue weighted by atomic mass is 35.5. The van der Waals surface area contributed by atoms with Crippen molar-refractivity contribution in [1.82, 2.24) is 15.1 Å². The molecule has 1 heterocycles. The number of benzene rings is 1. The molecule has 18 heavy (non-hydrogen) atoms. The van der Waals surface area contributed by atoms with E-state index < -0.39 is 0 Å². The summed E-state index contributed by atoms with van der Waals surface area (Å²) >= 11 is 6.29. The molecule has 0 fully saturated rings. The zero-order valence-corrected chi connectivity index (χ0v) is 11.8. The summed E-state index contributed by atoms with van der Waals surface area (Å²) in [6.07, 6.45) is 0. The van der Waals surface area contributed by atoms with Gasteiger partial charge in [0.2, 0.25) is 0 Å². The minimum absolute atomic E-state index is 0.754. The molecule has 1 aromatic carbocycles. The van der Waals surface area contributed by atoms with Crippen LogP contribution >= 0.6 is 11.6 Å². The van der Waals surface area contributed by atoms with Crippen molar-refractivity contribution < 1.29 is 0 Å². The maximum Gasteiger partial charge on any atom is 0.0708 e. The molecular formula is C14H18ClN3. The first kappa shape index (κ1) is 13.1. The van der Waals surface area contributed by atoms with Gasteiger partial charge < -0.3 is 5.32 Å². The van der Waals surface area contributed by atoms with E-state index >= 15 is 0 Å². The van der Waals surface area contributed by atoms with Gasteiger partial charge in [0.25, 0.3) is 0 Å². The molecule has 0 atom stereocenters. The molecule has 0 bridgehead atoms. The Hall–Kier alpha value is -1.32. The van der Waals surface area contributed by atoms with Gasteiger partial charge in [0, 0.05) is 22.8 Å². The van der Waals surface area contributed by atoms with Crippen molar-refractivity contribution in [3.8, 4) is 5.69 Å². The Balaban J connectivity index is 2.49. The van der Waals surface area contributed by atoms with Crippen molar-refractivity contribution in [2.75, 3.05) is 6.54 Å². The molecule has 0 aliphatic heterocycles. The number of hydrogen-bond acceptors (Lipinski definition) is 2. The normalized spacial score (nSPS) is 10.9. The molecule has 0 unspecified atom stereocenters. The van der Waals surface area contributed by atoms with Crippen molar-refractivity contribution in [2.24, 2.45) is 0 Å². The zero-order chi connectivity index (χ0) is 13.1. The molecule has 2 aromatic rings. The lowest BCUT2D eigenvalue weighted by Crippen LogP contribution is -2.15. The first-order chi connectivity index (χ1) is 8.63. The van der Waals surface area contributed by atoms with E-state index in [0.717, 1.165) is 40.8 Å². The average Bonchev–Trinajstić information content (AvgIpc) is 2.66. The van der Waals surface area contributed by atoms with E-state index in [4.69, 9.17) is 11.6 Å². The third-order valence-corrected chi connectivity index (χ3v) is 3.24. The van der Waals surface area contributed by atoms with Crippen LogP contribution in [0.4, 0.5) is 0 Å². The summed E-state index contributed by atoms with van der Waals surface area (Å²) in [7, 11) is 0. The summed E-state index contributed by atoms with van der Waals surface area (Å²) in [5.74, 6) is 0. The standard InChI is InChI=1S/C14H18ClN3/c1-4-16-9-12-13(15)6-5-7-14(12)18-11(3)8-10(2)17-18/h5-8,16H,4,9H2,1-3H3. The number of aromatic nitrogens is 2. The van der Waals surface area contributed by atoms with Crippen LogP contribution in [0.2, 0.25) is 5.02 Å². The van der Waals surface area contributed by atoms with Crippen molar-refractivity contribution in [1.29, 1.82) is 0 Å². The van der Waals surface area contributed by atoms with Crippen molar-refractivity contribution in [2.45, 2.75) is 27.3 Å². The summed E-state index contributed by atoms with van der Waals surface area (Å²) in [6, 6.07) is 8.00. The van der Waals surface area contributed by atoms with Gasteiger partial charge in [-0.2, -0.15) is 5.10 Å². The Bertz CT molecular complexity index is 546. The molecule has 3 nitrogen and oxygen atoms in total. The molecule has 0 spiro atoms. The second-order valence-electron chi connectivity index (χ2n) is 4.36. The molecule has 1 aromatic heterocycles. The highest BCUT2D eigenvalue weighted by molar-refractivity contribution is 6.31. The number of nitrogens with one attached hydrogen (secondary N) is 1. The molecule has 0 saturated heterocycles. The third kappa shape index (κ3) is 2.57. The van der Waals surface area contributed by atoms with E-state index in [9.17, 15) is 0 Å². The van der Waals surface area contributed by atoms with Crippen LogP contribution in [0, 0.1) is 13.8 Å². The fraction of sp³-hybridized carbons (Fsp3) is 0.357. The van der Waals surface area contributed by atoms with E-state index in [1.54, 1.807) is 0 Å². The fourth-order valence-electron chi connectivity index (χ4n) is 2.04. The van der Waals surface area contributed by atoms with E-state index in [1.807, 2.05) is 23.7 Å². The van der Waals surface area contributed by atoms with E-state index in [0.29, 0.717) is 0 Å². The number of nitrogens with zero attached hydrogens (tertiary/aromatic N) is 2. The van der Waals surface area contributed by atoms with Gasteiger partial charge in [0.1, 0.15) is 0 Å². The van der Waals surface area contributed by atoms with Crippen LogP contribution in [0.15, 0.2) is 24.3 Å². The molecule has 0 aliphatic carbocycles. The molecule has 4 heteroatoms. The van der Waals surface area contributed by atoms with E-state index in [-0.39, 0.29) is 0 Å². The zero-order valence-electron chi connectivity index (χ0n) is 11.0. The predicted molar refractivity (Wildman–Crippen MR) is 75.4 cm³/mol. The lowest BCUT2D eigenvalue weighted by atomic mass is 10.1. The van der Waals surface area contributed by atoms with Crippen molar-refractivity contribution in [3.63, 3.8) is 0 Å². The lowest BCUT2D eigenvalue weighted by Gasteiger charge is -2.13. The van der Waals surface area contributed by atoms with Crippen LogP contribution in [0.5, 0.6) is 0 Å². The van der Waals surface area contributed by atoms with Gasteiger partial charge in [-0.15, -0.1) is 0 Å². The Kier molecular flexibility index (Phi) is 4.04. The molecule has 0 radical (unpaired) electrons. The highest BCUT2D eigenvalue weighted by Crippen LogP contribution is 2.24. The van der Waals surface area contributed by atoms with Crippen LogP contribution in [0.25, 0.3) is 5.69 Å². The molecule has 0 saturated carbocycles. The predicted octanol–water partition coefficient (Wildman–Crippen LogP) is 3.25. The van der Waals surface area contributed by atoms with Gasteiger partial charge in [-0.3, -0.25) is 0 Å². The van der Waals surface area contributed by atoms with Crippen LogP contribution < -0.4 is 5.32 Å². The van der Waals surface area contributed by atoms with Gasteiger partial charge in [-0.25, -0.2) is 4.68 Å². The molecule has 2 rings (SSSR count). The van der Waals surface area contributed by atoms with Gasteiger partial charge in [0.15, 0.2) is 0 Å². The summed E-state index contributed by atoms with van der Waals surface area (Å²) in [5.41, 5.74) is 4.27. The number of rotatable bonds is 4. The Morgan fingerprint density at radius 2 is 2.11 bits per heavy atom. The lowest BCUT2D eigenvalue weighted by molar-refractivity contribution is 0.714. The fourth-order valence-corrected chi connectivity index (χ4v) is 2.28. The van der Waals surface area contributed by atoms with Crippen molar-refractivity contribution >= 4 is 11.6 Å². The molecule has 0 aliphatic rings. The molecular weight excluding hydrogens is 246 g/mol. The van der Waals surface area contributed by atoms with Gasteiger partial charge in [-0.05, 0) is 38.6 Å². The maximum absolute atomic E-state index is 6.29. The minimum atomic E-state index is 0.754. The molecule has 96 valence electrons. The SMILES string of the molecule is CCNCc1c(Cl)cccc1-n1nc(C)cc1C. The van der Waals surface area contributed by atoms with Gasteiger partial charge in [-0.1, -0.05) is 24.6 Å². The van der Waals surface area contributed by atoms with Gasteiger partial charge >= 0.3 is 0 Å². The minimum Gasteiger partial charge on any atom is -0.313 e. The quantitative estimate of drug-likeness (QED) is 0.918. The van der Waals surface area contributed by atoms with Crippen LogP contribution in [-0.4, -0.2) is 16.3 Å². The van der Waals surface area contributed by atoms with E-state index in [1.165, 1.54) is 0 Å². The summed E-state index contributed by atoms with van der Waals surface area (Å²) in [6.45, 7) is 7.81. The topological polar surface area (TPSA) is 29.9 Å². The Morgan fingerprint density at radius 1 is 1.33 bits per heavy atom. The number of hydrogen-bond donors (Lipinski definition) is 1. The molecule has 0 amide bonds. The number of halogens is 1. The first-order valence-corrected chi connectivity index (χ1v) is 6.53. The Labute approximate surface area is 113 Å². The largest absolute Gasteiger partial charge is 0.313 e. The molecule has 1 N–H and O–H groups in total. The first-order valence-electron chi connectivity index (χ1n) is 6.15. The highest BCUT2D eigenvalue weighted by Gasteiger charge is 2.11. The second-order valence-corrected chi connectivity index (χ2v) is 4.76. The van der Waals surface area contributed by atoms with Crippen LogP contribution in [-0.2, 0) is 6.54 Å². The number of aryl methyl sites for hydroxylation is 2. The third-order valence-electron chi connectivity index (χ3n) is 2.88. The maximum atomic E-state index is 6.29. The summed E-state index contributed by atoms with van der Waals surface area (Å²) < 4.78 is 1.95. The Morgan fingerprint density at radius 3 is 2.72 bits per heavy atom. The van der Waals surface area contributed by atoms with E-state index in [2.05, 4.69) is 36.4 Å². The van der Waals surface area contributed by atoms with Crippen LogP contribution in [0.1, 0.15) is 23.9 Å². The van der Waals surface area contributed by atoms with Crippen molar-refractivity contribution in [3.05, 3.63) is 46.2 Å².